The molecule has 21 heavy (non-hydrogen) atoms. The molecule has 2 heterocycles. The molecule has 0 aromatic carbocycles. The van der Waals surface area contributed by atoms with Crippen molar-refractivity contribution in [3.05, 3.63) is 28.0 Å². The molecule has 0 aliphatic heterocycles. The summed E-state index contributed by atoms with van der Waals surface area (Å²) < 4.78 is 1.48. The summed E-state index contributed by atoms with van der Waals surface area (Å²) >= 11 is 1.41. The third kappa shape index (κ3) is 3.66. The van der Waals surface area contributed by atoms with Gasteiger partial charge in [0.2, 0.25) is 5.91 Å². The van der Waals surface area contributed by atoms with E-state index in [1.165, 1.54) is 16.0 Å². The Morgan fingerprint density at radius 3 is 2.57 bits per heavy atom. The summed E-state index contributed by atoms with van der Waals surface area (Å²) in [5, 5.41) is 9.85. The van der Waals surface area contributed by atoms with Crippen molar-refractivity contribution in [1.29, 1.82) is 0 Å². The molecular weight excluding hydrogens is 290 g/mol. The maximum absolute atomic E-state index is 11.9. The highest BCUT2D eigenvalue weighted by Crippen LogP contribution is 2.20. The topological polar surface area (TPSA) is 88.9 Å². The van der Waals surface area contributed by atoms with Crippen molar-refractivity contribution < 1.29 is 9.59 Å². The van der Waals surface area contributed by atoms with Crippen LogP contribution in [0, 0.1) is 20.8 Å². The van der Waals surface area contributed by atoms with Crippen molar-refractivity contribution in [2.24, 2.45) is 7.05 Å². The van der Waals surface area contributed by atoms with Gasteiger partial charge in [0.15, 0.2) is 5.13 Å². The van der Waals surface area contributed by atoms with E-state index in [1.54, 1.807) is 20.0 Å². The molecule has 112 valence electrons. The van der Waals surface area contributed by atoms with Crippen LogP contribution in [-0.4, -0.2) is 33.1 Å². The Hall–Kier alpha value is -2.22. The van der Waals surface area contributed by atoms with Gasteiger partial charge in [0.1, 0.15) is 5.69 Å². The molecule has 0 fully saturated rings. The largest absolute Gasteiger partial charge is 0.342 e. The Kier molecular flexibility index (Phi) is 4.37. The zero-order chi connectivity index (χ0) is 15.6. The van der Waals surface area contributed by atoms with Gasteiger partial charge in [-0.05, 0) is 26.8 Å². The Labute approximate surface area is 126 Å². The van der Waals surface area contributed by atoms with E-state index in [2.05, 4.69) is 20.7 Å². The van der Waals surface area contributed by atoms with Gasteiger partial charge in [0.25, 0.3) is 5.91 Å². The number of thiazole rings is 1. The fourth-order valence-electron chi connectivity index (χ4n) is 1.76. The molecule has 2 rings (SSSR count). The van der Waals surface area contributed by atoms with Crippen molar-refractivity contribution in [3.8, 4) is 0 Å². The first-order valence-corrected chi connectivity index (χ1v) is 7.21. The molecule has 0 bridgehead atoms. The number of aromatic nitrogens is 3. The van der Waals surface area contributed by atoms with Gasteiger partial charge < -0.3 is 10.6 Å². The van der Waals surface area contributed by atoms with E-state index >= 15 is 0 Å². The van der Waals surface area contributed by atoms with Gasteiger partial charge >= 0.3 is 0 Å². The second-order valence-corrected chi connectivity index (χ2v) is 5.89. The molecule has 0 atom stereocenters. The maximum atomic E-state index is 11.9. The molecular formula is C13H17N5O2S. The lowest BCUT2D eigenvalue weighted by Crippen LogP contribution is -2.33. The minimum Gasteiger partial charge on any atom is -0.342 e. The van der Waals surface area contributed by atoms with Gasteiger partial charge in [-0.2, -0.15) is 5.10 Å². The number of aryl methyl sites for hydroxylation is 4. The monoisotopic (exact) mass is 307 g/mol. The molecule has 0 radical (unpaired) electrons. The summed E-state index contributed by atoms with van der Waals surface area (Å²) in [5.41, 5.74) is 2.06. The normalized spacial score (nSPS) is 10.5. The number of amides is 2. The number of nitrogens with one attached hydrogen (secondary N) is 2. The zero-order valence-corrected chi connectivity index (χ0v) is 13.2. The third-order valence-corrected chi connectivity index (χ3v) is 3.91. The quantitative estimate of drug-likeness (QED) is 0.887. The van der Waals surface area contributed by atoms with E-state index in [9.17, 15) is 9.59 Å². The molecule has 0 spiro atoms. The molecule has 0 unspecified atom stereocenters. The van der Waals surface area contributed by atoms with Crippen LogP contribution in [0.1, 0.15) is 26.8 Å². The van der Waals surface area contributed by atoms with Crippen LogP contribution in [0.15, 0.2) is 6.07 Å². The van der Waals surface area contributed by atoms with Crippen molar-refractivity contribution >= 4 is 28.3 Å². The van der Waals surface area contributed by atoms with Crippen LogP contribution in [0.5, 0.6) is 0 Å². The molecule has 0 aliphatic carbocycles. The summed E-state index contributed by atoms with van der Waals surface area (Å²) in [4.78, 5) is 29.0. The van der Waals surface area contributed by atoms with Crippen molar-refractivity contribution in [3.63, 3.8) is 0 Å². The SMILES string of the molecule is Cc1cc(C(=O)NCC(=O)Nc2nc(C)c(C)s2)n(C)n1. The lowest BCUT2D eigenvalue weighted by atomic mass is 10.3. The summed E-state index contributed by atoms with van der Waals surface area (Å²) in [6.07, 6.45) is 0. The number of hydrogen-bond acceptors (Lipinski definition) is 5. The molecule has 2 aromatic rings. The van der Waals surface area contributed by atoms with Gasteiger partial charge in [0.05, 0.1) is 17.9 Å². The average molecular weight is 307 g/mol. The highest BCUT2D eigenvalue weighted by molar-refractivity contribution is 7.15. The van der Waals surface area contributed by atoms with Crippen molar-refractivity contribution in [2.45, 2.75) is 20.8 Å². The van der Waals surface area contributed by atoms with E-state index in [4.69, 9.17) is 0 Å². The number of anilines is 1. The van der Waals surface area contributed by atoms with E-state index in [0.29, 0.717) is 10.8 Å². The smallest absolute Gasteiger partial charge is 0.269 e. The Balaban J connectivity index is 1.89. The lowest BCUT2D eigenvalue weighted by Gasteiger charge is -2.05. The Morgan fingerprint density at radius 2 is 2.05 bits per heavy atom. The van der Waals surface area contributed by atoms with E-state index in [1.807, 2.05) is 13.8 Å². The Morgan fingerprint density at radius 1 is 1.33 bits per heavy atom. The standard InChI is InChI=1S/C13H17N5O2S/c1-7-5-10(18(4)17-7)12(20)14-6-11(19)16-13-15-8(2)9(3)21-13/h5H,6H2,1-4H3,(H,14,20)(H,15,16,19). The number of hydrogen-bond donors (Lipinski definition) is 2. The predicted molar refractivity (Wildman–Crippen MR) is 80.5 cm³/mol. The first-order valence-electron chi connectivity index (χ1n) is 6.39. The molecule has 2 N–H and O–H groups in total. The van der Waals surface area contributed by atoms with Gasteiger partial charge in [0, 0.05) is 11.9 Å². The van der Waals surface area contributed by atoms with Crippen LogP contribution >= 0.6 is 11.3 Å². The number of nitrogens with zero attached hydrogens (tertiary/aromatic N) is 3. The fraction of sp³-hybridized carbons (Fsp3) is 0.385. The highest BCUT2D eigenvalue weighted by atomic mass is 32.1. The van der Waals surface area contributed by atoms with Crippen molar-refractivity contribution in [1.82, 2.24) is 20.1 Å². The molecule has 7 nitrogen and oxygen atoms in total. The second-order valence-electron chi connectivity index (χ2n) is 4.69. The number of carbonyl (C=O) groups excluding carboxylic acids is 2. The minimum absolute atomic E-state index is 0.110. The van der Waals surface area contributed by atoms with Gasteiger partial charge in [-0.25, -0.2) is 4.98 Å². The molecule has 2 aromatic heterocycles. The maximum Gasteiger partial charge on any atom is 0.269 e. The first kappa shape index (κ1) is 15.2. The van der Waals surface area contributed by atoms with Crippen LogP contribution in [0.25, 0.3) is 0 Å². The summed E-state index contributed by atoms with van der Waals surface area (Å²) in [7, 11) is 1.68. The fourth-order valence-corrected chi connectivity index (χ4v) is 2.59. The van der Waals surface area contributed by atoms with Crippen LogP contribution in [0.3, 0.4) is 0 Å². The van der Waals surface area contributed by atoms with Crippen LogP contribution in [0.2, 0.25) is 0 Å². The summed E-state index contributed by atoms with van der Waals surface area (Å²) in [5.74, 6) is -0.643. The third-order valence-electron chi connectivity index (χ3n) is 2.92. The van der Waals surface area contributed by atoms with Gasteiger partial charge in [-0.15, -0.1) is 11.3 Å². The molecule has 2 amide bonds. The second kappa shape index (κ2) is 6.04. The average Bonchev–Trinajstić information content (AvgIpc) is 2.89. The van der Waals surface area contributed by atoms with E-state index in [0.717, 1.165) is 16.3 Å². The first-order chi connectivity index (χ1) is 9.86. The van der Waals surface area contributed by atoms with Gasteiger partial charge in [-0.3, -0.25) is 14.3 Å². The molecule has 0 saturated heterocycles. The summed E-state index contributed by atoms with van der Waals surface area (Å²) in [6, 6.07) is 1.67. The van der Waals surface area contributed by atoms with Crippen LogP contribution in [-0.2, 0) is 11.8 Å². The summed E-state index contributed by atoms with van der Waals surface area (Å²) in [6.45, 7) is 5.51. The molecule has 8 heteroatoms. The minimum atomic E-state index is -0.334. The molecule has 0 aliphatic rings. The highest BCUT2D eigenvalue weighted by Gasteiger charge is 2.13. The van der Waals surface area contributed by atoms with E-state index < -0.39 is 0 Å². The van der Waals surface area contributed by atoms with Gasteiger partial charge in [-0.1, -0.05) is 0 Å². The lowest BCUT2D eigenvalue weighted by molar-refractivity contribution is -0.115. The number of carbonyl (C=O) groups is 2. The molecule has 0 saturated carbocycles. The zero-order valence-electron chi connectivity index (χ0n) is 12.4. The Bertz CT molecular complexity index is 669. The van der Waals surface area contributed by atoms with Crippen LogP contribution < -0.4 is 10.6 Å². The van der Waals surface area contributed by atoms with Crippen LogP contribution in [0.4, 0.5) is 5.13 Å². The predicted octanol–water partition coefficient (Wildman–Crippen LogP) is 1.17. The van der Waals surface area contributed by atoms with E-state index in [-0.39, 0.29) is 18.4 Å². The number of rotatable bonds is 4. The van der Waals surface area contributed by atoms with Crippen molar-refractivity contribution in [2.75, 3.05) is 11.9 Å².